The molecule has 17 heavy (non-hydrogen) atoms. The highest BCUT2D eigenvalue weighted by Gasteiger charge is 2.07. The molecule has 1 N–H and O–H groups in total. The van der Waals surface area contributed by atoms with Gasteiger partial charge in [0.1, 0.15) is 10.8 Å². The molecule has 0 saturated heterocycles. The number of carbonyl (C=O) groups is 1. The SMILES string of the molecule is Cc1ccc(NC(=O)c2cccc(Cl)n2)cc1. The highest BCUT2D eigenvalue weighted by Crippen LogP contribution is 2.11. The lowest BCUT2D eigenvalue weighted by atomic mass is 10.2. The number of rotatable bonds is 2. The fraction of sp³-hybridized carbons (Fsp3) is 0.0769. The quantitative estimate of drug-likeness (QED) is 0.826. The second-order valence-corrected chi connectivity index (χ2v) is 4.05. The Balaban J connectivity index is 2.14. The molecular formula is C13H11ClN2O. The normalized spacial score (nSPS) is 10.0. The van der Waals surface area contributed by atoms with Crippen LogP contribution in [0.5, 0.6) is 0 Å². The summed E-state index contributed by atoms with van der Waals surface area (Å²) < 4.78 is 0. The second kappa shape index (κ2) is 4.97. The Bertz CT molecular complexity index is 537. The number of aryl methyl sites for hydroxylation is 1. The summed E-state index contributed by atoms with van der Waals surface area (Å²) >= 11 is 5.72. The van der Waals surface area contributed by atoms with Crippen LogP contribution in [0.2, 0.25) is 5.15 Å². The number of benzene rings is 1. The Labute approximate surface area is 104 Å². The predicted octanol–water partition coefficient (Wildman–Crippen LogP) is 3.30. The summed E-state index contributed by atoms with van der Waals surface area (Å²) in [6.45, 7) is 1.99. The van der Waals surface area contributed by atoms with E-state index in [4.69, 9.17) is 11.6 Å². The lowest BCUT2D eigenvalue weighted by molar-refractivity contribution is 0.102. The van der Waals surface area contributed by atoms with Crippen molar-refractivity contribution in [3.63, 3.8) is 0 Å². The van der Waals surface area contributed by atoms with Gasteiger partial charge in [0.25, 0.3) is 5.91 Å². The molecule has 2 aromatic rings. The smallest absolute Gasteiger partial charge is 0.274 e. The number of hydrogen-bond acceptors (Lipinski definition) is 2. The highest BCUT2D eigenvalue weighted by atomic mass is 35.5. The van der Waals surface area contributed by atoms with E-state index in [1.807, 2.05) is 31.2 Å². The van der Waals surface area contributed by atoms with Crippen LogP contribution in [0.3, 0.4) is 0 Å². The molecule has 3 nitrogen and oxygen atoms in total. The fourth-order valence-electron chi connectivity index (χ4n) is 1.37. The van der Waals surface area contributed by atoms with Crippen LogP contribution in [0.1, 0.15) is 16.1 Å². The first kappa shape index (κ1) is 11.6. The Morgan fingerprint density at radius 1 is 1.18 bits per heavy atom. The molecular weight excluding hydrogens is 236 g/mol. The molecule has 1 aromatic carbocycles. The number of halogens is 1. The van der Waals surface area contributed by atoms with Gasteiger partial charge < -0.3 is 5.32 Å². The van der Waals surface area contributed by atoms with Gasteiger partial charge in [0.2, 0.25) is 0 Å². The maximum absolute atomic E-state index is 11.8. The van der Waals surface area contributed by atoms with Crippen LogP contribution >= 0.6 is 11.6 Å². The van der Waals surface area contributed by atoms with Gasteiger partial charge in [0, 0.05) is 5.69 Å². The van der Waals surface area contributed by atoms with E-state index in [1.54, 1.807) is 18.2 Å². The van der Waals surface area contributed by atoms with Crippen molar-refractivity contribution in [1.29, 1.82) is 0 Å². The van der Waals surface area contributed by atoms with Gasteiger partial charge >= 0.3 is 0 Å². The Morgan fingerprint density at radius 2 is 1.88 bits per heavy atom. The van der Waals surface area contributed by atoms with Crippen LogP contribution in [-0.4, -0.2) is 10.9 Å². The van der Waals surface area contributed by atoms with E-state index in [0.717, 1.165) is 11.3 Å². The van der Waals surface area contributed by atoms with Crippen molar-refractivity contribution in [2.75, 3.05) is 5.32 Å². The second-order valence-electron chi connectivity index (χ2n) is 3.67. The van der Waals surface area contributed by atoms with Gasteiger partial charge in [-0.2, -0.15) is 0 Å². The highest BCUT2D eigenvalue weighted by molar-refractivity contribution is 6.29. The number of nitrogens with one attached hydrogen (secondary N) is 1. The molecule has 0 radical (unpaired) electrons. The molecule has 0 fully saturated rings. The molecule has 1 aromatic heterocycles. The van der Waals surface area contributed by atoms with Crippen molar-refractivity contribution in [2.45, 2.75) is 6.92 Å². The van der Waals surface area contributed by atoms with E-state index in [9.17, 15) is 4.79 Å². The molecule has 4 heteroatoms. The van der Waals surface area contributed by atoms with Gasteiger partial charge in [-0.1, -0.05) is 35.4 Å². The summed E-state index contributed by atoms with van der Waals surface area (Å²) in [7, 11) is 0. The summed E-state index contributed by atoms with van der Waals surface area (Å²) in [5.41, 5.74) is 2.18. The van der Waals surface area contributed by atoms with E-state index >= 15 is 0 Å². The van der Waals surface area contributed by atoms with Crippen LogP contribution in [0.4, 0.5) is 5.69 Å². The largest absolute Gasteiger partial charge is 0.321 e. The topological polar surface area (TPSA) is 42.0 Å². The van der Waals surface area contributed by atoms with Crippen LogP contribution in [0, 0.1) is 6.92 Å². The Kier molecular flexibility index (Phi) is 3.40. The first-order valence-corrected chi connectivity index (χ1v) is 5.53. The minimum atomic E-state index is -0.267. The van der Waals surface area contributed by atoms with Crippen molar-refractivity contribution >= 4 is 23.2 Å². The Hall–Kier alpha value is -1.87. The standard InChI is InChI=1S/C13H11ClN2O/c1-9-5-7-10(8-6-9)15-13(17)11-3-2-4-12(14)16-11/h2-8H,1H3,(H,15,17). The van der Waals surface area contributed by atoms with Gasteiger partial charge in [-0.25, -0.2) is 4.98 Å². The van der Waals surface area contributed by atoms with E-state index in [2.05, 4.69) is 10.3 Å². The number of anilines is 1. The third kappa shape index (κ3) is 3.04. The molecule has 0 aliphatic rings. The van der Waals surface area contributed by atoms with Gasteiger partial charge in [0.05, 0.1) is 0 Å². The molecule has 0 unspecified atom stereocenters. The number of pyridine rings is 1. The van der Waals surface area contributed by atoms with Crippen LogP contribution in [-0.2, 0) is 0 Å². The van der Waals surface area contributed by atoms with Crippen molar-refractivity contribution in [1.82, 2.24) is 4.98 Å². The Morgan fingerprint density at radius 3 is 2.53 bits per heavy atom. The van der Waals surface area contributed by atoms with Crippen LogP contribution < -0.4 is 5.32 Å². The van der Waals surface area contributed by atoms with Gasteiger partial charge in [-0.3, -0.25) is 4.79 Å². The fourth-order valence-corrected chi connectivity index (χ4v) is 1.53. The molecule has 0 spiro atoms. The first-order chi connectivity index (χ1) is 8.15. The summed E-state index contributed by atoms with van der Waals surface area (Å²) in [6, 6.07) is 12.5. The molecule has 0 aliphatic heterocycles. The summed E-state index contributed by atoms with van der Waals surface area (Å²) in [4.78, 5) is 15.8. The van der Waals surface area contributed by atoms with Gasteiger partial charge in [0.15, 0.2) is 0 Å². The third-order valence-corrected chi connectivity index (χ3v) is 2.47. The molecule has 86 valence electrons. The van der Waals surface area contributed by atoms with Crippen molar-refractivity contribution < 1.29 is 4.79 Å². The number of nitrogens with zero attached hydrogens (tertiary/aromatic N) is 1. The monoisotopic (exact) mass is 246 g/mol. The van der Waals surface area contributed by atoms with Crippen LogP contribution in [0.25, 0.3) is 0 Å². The lowest BCUT2D eigenvalue weighted by Gasteiger charge is -2.04. The molecule has 0 saturated carbocycles. The number of amides is 1. The zero-order valence-electron chi connectivity index (χ0n) is 9.27. The van der Waals surface area contributed by atoms with Crippen molar-refractivity contribution in [2.24, 2.45) is 0 Å². The average molecular weight is 247 g/mol. The van der Waals surface area contributed by atoms with E-state index in [-0.39, 0.29) is 5.91 Å². The van der Waals surface area contributed by atoms with Crippen molar-refractivity contribution in [3.05, 3.63) is 58.9 Å². The van der Waals surface area contributed by atoms with E-state index < -0.39 is 0 Å². The summed E-state index contributed by atoms with van der Waals surface area (Å²) in [5.74, 6) is -0.267. The minimum Gasteiger partial charge on any atom is -0.321 e. The minimum absolute atomic E-state index is 0.267. The zero-order valence-corrected chi connectivity index (χ0v) is 10.0. The maximum atomic E-state index is 11.8. The molecule has 0 aliphatic carbocycles. The van der Waals surface area contributed by atoms with E-state index in [0.29, 0.717) is 10.8 Å². The van der Waals surface area contributed by atoms with Crippen LogP contribution in [0.15, 0.2) is 42.5 Å². The first-order valence-electron chi connectivity index (χ1n) is 5.16. The van der Waals surface area contributed by atoms with Gasteiger partial charge in [-0.15, -0.1) is 0 Å². The molecule has 1 amide bonds. The summed E-state index contributed by atoms with van der Waals surface area (Å²) in [6.07, 6.45) is 0. The predicted molar refractivity (Wildman–Crippen MR) is 68.4 cm³/mol. The molecule has 0 atom stereocenters. The average Bonchev–Trinajstić information content (AvgIpc) is 2.32. The van der Waals surface area contributed by atoms with Gasteiger partial charge in [-0.05, 0) is 31.2 Å². The van der Waals surface area contributed by atoms with E-state index in [1.165, 1.54) is 0 Å². The molecule has 1 heterocycles. The zero-order chi connectivity index (χ0) is 12.3. The number of carbonyl (C=O) groups excluding carboxylic acids is 1. The number of aromatic nitrogens is 1. The third-order valence-electron chi connectivity index (χ3n) is 2.26. The van der Waals surface area contributed by atoms with Crippen molar-refractivity contribution in [3.8, 4) is 0 Å². The molecule has 2 rings (SSSR count). The summed E-state index contributed by atoms with van der Waals surface area (Å²) in [5, 5.41) is 3.06. The molecule has 0 bridgehead atoms. The maximum Gasteiger partial charge on any atom is 0.274 e. The number of hydrogen-bond donors (Lipinski definition) is 1. The lowest BCUT2D eigenvalue weighted by Crippen LogP contribution is -2.13.